The van der Waals surface area contributed by atoms with E-state index in [1.165, 1.54) is 6.92 Å². The van der Waals surface area contributed by atoms with Crippen molar-refractivity contribution >= 4 is 5.97 Å². The third-order valence-corrected chi connectivity index (χ3v) is 2.16. The molecular formula is C10H20O2. The van der Waals surface area contributed by atoms with Crippen molar-refractivity contribution < 1.29 is 9.53 Å². The summed E-state index contributed by atoms with van der Waals surface area (Å²) in [6.07, 6.45) is 1.13. The largest absolute Gasteiger partial charge is 0.462 e. The van der Waals surface area contributed by atoms with E-state index in [1.54, 1.807) is 0 Å². The second-order valence-electron chi connectivity index (χ2n) is 3.70. The first-order chi connectivity index (χ1) is 5.49. The number of carbonyl (C=O) groups excluding carboxylic acids is 1. The van der Waals surface area contributed by atoms with E-state index in [0.29, 0.717) is 11.8 Å². The first kappa shape index (κ1) is 11.5. The van der Waals surface area contributed by atoms with Gasteiger partial charge in [0, 0.05) is 6.92 Å². The highest BCUT2D eigenvalue weighted by Gasteiger charge is 2.21. The Kier molecular flexibility index (Phi) is 4.95. The minimum Gasteiger partial charge on any atom is -0.462 e. The molecule has 0 aliphatic carbocycles. The lowest BCUT2D eigenvalue weighted by Crippen LogP contribution is -2.29. The van der Waals surface area contributed by atoms with E-state index in [9.17, 15) is 4.79 Å². The normalized spacial score (nSPS) is 15.8. The summed E-state index contributed by atoms with van der Waals surface area (Å²) in [5, 5.41) is 0. The lowest BCUT2D eigenvalue weighted by molar-refractivity contribution is -0.151. The van der Waals surface area contributed by atoms with Gasteiger partial charge < -0.3 is 4.74 Å². The molecule has 0 aromatic rings. The van der Waals surface area contributed by atoms with Crippen LogP contribution in [0.15, 0.2) is 0 Å². The summed E-state index contributed by atoms with van der Waals surface area (Å²) in [4.78, 5) is 10.8. The molecule has 0 spiro atoms. The number of carbonyl (C=O) groups is 1. The topological polar surface area (TPSA) is 26.3 Å². The third-order valence-electron chi connectivity index (χ3n) is 2.16. The molecule has 0 bridgehead atoms. The highest BCUT2D eigenvalue weighted by molar-refractivity contribution is 5.66. The zero-order valence-corrected chi connectivity index (χ0v) is 8.76. The highest BCUT2D eigenvalue weighted by atomic mass is 16.5. The second kappa shape index (κ2) is 5.18. The molecule has 0 aliphatic rings. The minimum atomic E-state index is -0.172. The van der Waals surface area contributed by atoms with Gasteiger partial charge in [-0.1, -0.05) is 34.1 Å². The fourth-order valence-electron chi connectivity index (χ4n) is 1.33. The number of ether oxygens (including phenoxy) is 1. The monoisotopic (exact) mass is 172 g/mol. The Hall–Kier alpha value is -0.530. The van der Waals surface area contributed by atoms with Crippen molar-refractivity contribution in [2.24, 2.45) is 11.8 Å². The van der Waals surface area contributed by atoms with E-state index in [0.717, 1.165) is 6.42 Å². The third kappa shape index (κ3) is 3.74. The van der Waals surface area contributed by atoms with Crippen LogP contribution in [0.1, 0.15) is 41.0 Å². The minimum absolute atomic E-state index is 0.0764. The molecule has 0 fully saturated rings. The predicted molar refractivity (Wildman–Crippen MR) is 49.8 cm³/mol. The molecule has 12 heavy (non-hydrogen) atoms. The van der Waals surface area contributed by atoms with Gasteiger partial charge in [0.1, 0.15) is 6.10 Å². The maximum absolute atomic E-state index is 10.8. The molecule has 0 saturated carbocycles. The summed E-state index contributed by atoms with van der Waals surface area (Å²) in [7, 11) is 0. The average molecular weight is 172 g/mol. The Morgan fingerprint density at radius 3 is 2.08 bits per heavy atom. The van der Waals surface area contributed by atoms with Crippen molar-refractivity contribution in [1.29, 1.82) is 0 Å². The summed E-state index contributed by atoms with van der Waals surface area (Å²) in [5.41, 5.74) is 0. The predicted octanol–water partition coefficient (Wildman–Crippen LogP) is 2.62. The van der Waals surface area contributed by atoms with Crippen LogP contribution < -0.4 is 0 Å². The zero-order valence-electron chi connectivity index (χ0n) is 8.76. The SMILES string of the molecule is CCC(C)C(OC(C)=O)C(C)C. The van der Waals surface area contributed by atoms with Crippen LogP contribution >= 0.6 is 0 Å². The lowest BCUT2D eigenvalue weighted by Gasteiger charge is -2.25. The van der Waals surface area contributed by atoms with Gasteiger partial charge in [-0.25, -0.2) is 0 Å². The fraction of sp³-hybridized carbons (Fsp3) is 0.900. The van der Waals surface area contributed by atoms with Crippen LogP contribution in [0.25, 0.3) is 0 Å². The van der Waals surface area contributed by atoms with E-state index in [-0.39, 0.29) is 12.1 Å². The van der Waals surface area contributed by atoms with Gasteiger partial charge in [0.05, 0.1) is 0 Å². The molecule has 0 aliphatic heterocycles. The van der Waals surface area contributed by atoms with Crippen LogP contribution in [-0.2, 0) is 9.53 Å². The summed E-state index contributed by atoms with van der Waals surface area (Å²) in [6, 6.07) is 0. The summed E-state index contributed by atoms with van der Waals surface area (Å²) in [6.45, 7) is 9.87. The van der Waals surface area contributed by atoms with Gasteiger partial charge in [-0.2, -0.15) is 0 Å². The van der Waals surface area contributed by atoms with Gasteiger partial charge in [0.25, 0.3) is 0 Å². The molecule has 0 heterocycles. The van der Waals surface area contributed by atoms with Crippen LogP contribution in [-0.4, -0.2) is 12.1 Å². The molecule has 0 aromatic carbocycles. The van der Waals surface area contributed by atoms with Crippen LogP contribution in [0.3, 0.4) is 0 Å². The highest BCUT2D eigenvalue weighted by Crippen LogP contribution is 2.19. The Morgan fingerprint density at radius 1 is 1.33 bits per heavy atom. The lowest BCUT2D eigenvalue weighted by atomic mass is 9.93. The Labute approximate surface area is 75.3 Å². The van der Waals surface area contributed by atoms with E-state index in [2.05, 4.69) is 27.7 Å². The van der Waals surface area contributed by atoms with E-state index in [4.69, 9.17) is 4.74 Å². The van der Waals surface area contributed by atoms with Gasteiger partial charge in [-0.15, -0.1) is 0 Å². The van der Waals surface area contributed by atoms with Crippen molar-refractivity contribution in [3.8, 4) is 0 Å². The molecule has 0 aromatic heterocycles. The molecule has 2 atom stereocenters. The van der Waals surface area contributed by atoms with E-state index in [1.807, 2.05) is 0 Å². The number of hydrogen-bond donors (Lipinski definition) is 0. The standard InChI is InChI=1S/C10H20O2/c1-6-8(4)10(7(2)3)12-9(5)11/h7-8,10H,6H2,1-5H3. The smallest absolute Gasteiger partial charge is 0.302 e. The number of hydrogen-bond acceptors (Lipinski definition) is 2. The molecule has 0 rings (SSSR count). The van der Waals surface area contributed by atoms with Gasteiger partial charge in [-0.3, -0.25) is 4.79 Å². The second-order valence-corrected chi connectivity index (χ2v) is 3.70. The summed E-state index contributed by atoms with van der Waals surface area (Å²) < 4.78 is 5.23. The Bertz CT molecular complexity index is 141. The Morgan fingerprint density at radius 2 is 1.83 bits per heavy atom. The van der Waals surface area contributed by atoms with Crippen molar-refractivity contribution in [3.63, 3.8) is 0 Å². The molecule has 0 amide bonds. The van der Waals surface area contributed by atoms with Gasteiger partial charge >= 0.3 is 5.97 Å². The maximum atomic E-state index is 10.8. The van der Waals surface area contributed by atoms with Gasteiger partial charge in [0.2, 0.25) is 0 Å². The molecule has 2 unspecified atom stereocenters. The molecule has 0 radical (unpaired) electrons. The van der Waals surface area contributed by atoms with Crippen molar-refractivity contribution in [1.82, 2.24) is 0 Å². The number of rotatable bonds is 4. The number of esters is 1. The molecule has 0 saturated heterocycles. The molecule has 72 valence electrons. The summed E-state index contributed by atoms with van der Waals surface area (Å²) in [5.74, 6) is 0.687. The quantitative estimate of drug-likeness (QED) is 0.609. The molecule has 2 nitrogen and oxygen atoms in total. The first-order valence-electron chi connectivity index (χ1n) is 4.66. The summed E-state index contributed by atoms with van der Waals surface area (Å²) >= 11 is 0. The van der Waals surface area contributed by atoms with Crippen LogP contribution in [0.5, 0.6) is 0 Å². The van der Waals surface area contributed by atoms with Crippen LogP contribution in [0.2, 0.25) is 0 Å². The van der Waals surface area contributed by atoms with E-state index < -0.39 is 0 Å². The molecule has 2 heteroatoms. The first-order valence-corrected chi connectivity index (χ1v) is 4.66. The van der Waals surface area contributed by atoms with Crippen molar-refractivity contribution in [2.45, 2.75) is 47.1 Å². The maximum Gasteiger partial charge on any atom is 0.302 e. The van der Waals surface area contributed by atoms with Crippen LogP contribution in [0, 0.1) is 11.8 Å². The molecular weight excluding hydrogens is 152 g/mol. The molecule has 0 N–H and O–H groups in total. The van der Waals surface area contributed by atoms with Crippen molar-refractivity contribution in [3.05, 3.63) is 0 Å². The Balaban J connectivity index is 4.12. The van der Waals surface area contributed by atoms with Crippen molar-refractivity contribution in [2.75, 3.05) is 0 Å². The average Bonchev–Trinajstić information content (AvgIpc) is 1.98. The fourth-order valence-corrected chi connectivity index (χ4v) is 1.33. The van der Waals surface area contributed by atoms with Gasteiger partial charge in [0.15, 0.2) is 0 Å². The zero-order chi connectivity index (χ0) is 9.72. The van der Waals surface area contributed by atoms with Crippen LogP contribution in [0.4, 0.5) is 0 Å². The van der Waals surface area contributed by atoms with E-state index >= 15 is 0 Å². The van der Waals surface area contributed by atoms with Gasteiger partial charge in [-0.05, 0) is 11.8 Å².